The van der Waals surface area contributed by atoms with Crippen molar-refractivity contribution in [1.29, 1.82) is 0 Å². The second kappa shape index (κ2) is 6.29. The summed E-state index contributed by atoms with van der Waals surface area (Å²) in [5.74, 6) is -0.245. The predicted molar refractivity (Wildman–Crippen MR) is 85.9 cm³/mol. The van der Waals surface area contributed by atoms with Crippen molar-refractivity contribution in [3.8, 4) is 0 Å². The molecule has 2 rings (SSSR count). The number of nitrogens with two attached hydrogens (primary N) is 1. The lowest BCUT2D eigenvalue weighted by atomic mass is 10.1. The van der Waals surface area contributed by atoms with Crippen LogP contribution in [0.2, 0.25) is 5.02 Å². The Morgan fingerprint density at radius 1 is 1.30 bits per heavy atom. The summed E-state index contributed by atoms with van der Waals surface area (Å²) in [5, 5.41) is 3.30. The molecule has 2 aromatic rings. The summed E-state index contributed by atoms with van der Waals surface area (Å²) in [6.07, 6.45) is 0. The minimum atomic E-state index is -0.245. The van der Waals surface area contributed by atoms with Gasteiger partial charge in [0.25, 0.3) is 5.91 Å². The average molecular weight is 354 g/mol. The Morgan fingerprint density at radius 2 is 2.00 bits per heavy atom. The fourth-order valence-electron chi connectivity index (χ4n) is 1.90. The van der Waals surface area contributed by atoms with E-state index < -0.39 is 0 Å². The average Bonchev–Trinajstić information content (AvgIpc) is 2.41. The van der Waals surface area contributed by atoms with E-state index in [9.17, 15) is 4.79 Å². The van der Waals surface area contributed by atoms with E-state index in [1.165, 1.54) is 0 Å². The van der Waals surface area contributed by atoms with Gasteiger partial charge in [0, 0.05) is 10.2 Å². The number of anilines is 1. The lowest BCUT2D eigenvalue weighted by molar-refractivity contribution is 0.0940. The van der Waals surface area contributed by atoms with Gasteiger partial charge in [0.05, 0.1) is 16.6 Å². The van der Waals surface area contributed by atoms with Crippen molar-refractivity contribution in [3.05, 3.63) is 63.1 Å². The van der Waals surface area contributed by atoms with Crippen LogP contribution in [0.15, 0.2) is 46.9 Å². The largest absolute Gasteiger partial charge is 0.399 e. The molecule has 0 saturated carbocycles. The number of amides is 1. The molecule has 0 bridgehead atoms. The summed E-state index contributed by atoms with van der Waals surface area (Å²) in [7, 11) is 0. The molecule has 0 heterocycles. The van der Waals surface area contributed by atoms with Crippen LogP contribution in [-0.2, 0) is 0 Å². The first-order chi connectivity index (χ1) is 9.49. The molecule has 0 aliphatic rings. The number of hydrogen-bond donors (Lipinski definition) is 2. The van der Waals surface area contributed by atoms with Crippen molar-refractivity contribution in [3.63, 3.8) is 0 Å². The Bertz CT molecular complexity index is 646. The minimum absolute atomic E-state index is 0.143. The summed E-state index contributed by atoms with van der Waals surface area (Å²) < 4.78 is 0.950. The van der Waals surface area contributed by atoms with Gasteiger partial charge in [0.2, 0.25) is 0 Å². The van der Waals surface area contributed by atoms with E-state index >= 15 is 0 Å². The second-order valence-corrected chi connectivity index (χ2v) is 5.72. The van der Waals surface area contributed by atoms with Crippen LogP contribution in [0.3, 0.4) is 0 Å². The third-order valence-corrected chi connectivity index (χ3v) is 4.01. The van der Waals surface area contributed by atoms with E-state index in [0.717, 1.165) is 10.0 Å². The lowest BCUT2D eigenvalue weighted by Gasteiger charge is -2.16. The molecular formula is C15H14BrClN2O. The van der Waals surface area contributed by atoms with Crippen molar-refractivity contribution in [2.45, 2.75) is 13.0 Å². The van der Waals surface area contributed by atoms with Gasteiger partial charge >= 0.3 is 0 Å². The van der Waals surface area contributed by atoms with Crippen LogP contribution >= 0.6 is 27.5 Å². The normalized spacial score (nSPS) is 11.9. The zero-order valence-corrected chi connectivity index (χ0v) is 13.2. The zero-order valence-electron chi connectivity index (χ0n) is 10.9. The van der Waals surface area contributed by atoms with Crippen LogP contribution in [0.4, 0.5) is 5.69 Å². The molecule has 20 heavy (non-hydrogen) atoms. The van der Waals surface area contributed by atoms with Crippen LogP contribution in [0.1, 0.15) is 28.9 Å². The monoisotopic (exact) mass is 352 g/mol. The highest BCUT2D eigenvalue weighted by atomic mass is 79.9. The standard InChI is InChI=1S/C15H14BrClN2O/c1-9(11-4-2-3-5-13(11)16)19-15(20)12-8-10(18)6-7-14(12)17/h2-9H,18H2,1H3,(H,19,20). The van der Waals surface area contributed by atoms with Gasteiger partial charge in [-0.15, -0.1) is 0 Å². The first kappa shape index (κ1) is 14.9. The van der Waals surface area contributed by atoms with Crippen LogP contribution < -0.4 is 11.1 Å². The molecule has 1 unspecified atom stereocenters. The SMILES string of the molecule is CC(NC(=O)c1cc(N)ccc1Cl)c1ccccc1Br. The topological polar surface area (TPSA) is 55.1 Å². The molecule has 5 heteroatoms. The molecule has 3 nitrogen and oxygen atoms in total. The van der Waals surface area contributed by atoms with Crippen molar-refractivity contribution >= 4 is 39.1 Å². The highest BCUT2D eigenvalue weighted by Gasteiger charge is 2.15. The molecular weight excluding hydrogens is 340 g/mol. The Hall–Kier alpha value is -1.52. The molecule has 0 aliphatic heterocycles. The number of nitrogens with one attached hydrogen (secondary N) is 1. The van der Waals surface area contributed by atoms with Gasteiger partial charge in [-0.3, -0.25) is 4.79 Å². The first-order valence-corrected chi connectivity index (χ1v) is 7.26. The quantitative estimate of drug-likeness (QED) is 0.813. The summed E-state index contributed by atoms with van der Waals surface area (Å²) in [6, 6.07) is 12.5. The maximum absolute atomic E-state index is 12.2. The number of hydrogen-bond acceptors (Lipinski definition) is 2. The molecule has 1 atom stereocenters. The van der Waals surface area contributed by atoms with Crippen LogP contribution in [0.5, 0.6) is 0 Å². The number of rotatable bonds is 3. The van der Waals surface area contributed by atoms with Crippen molar-refractivity contribution < 1.29 is 4.79 Å². The number of nitrogen functional groups attached to an aromatic ring is 1. The highest BCUT2D eigenvalue weighted by Crippen LogP contribution is 2.24. The number of benzene rings is 2. The van der Waals surface area contributed by atoms with Gasteiger partial charge in [-0.1, -0.05) is 45.7 Å². The molecule has 0 aromatic heterocycles. The van der Waals surface area contributed by atoms with Crippen molar-refractivity contribution in [1.82, 2.24) is 5.32 Å². The van der Waals surface area contributed by atoms with E-state index in [4.69, 9.17) is 17.3 Å². The Morgan fingerprint density at radius 3 is 2.70 bits per heavy atom. The summed E-state index contributed by atoms with van der Waals surface area (Å²) in [6.45, 7) is 1.91. The van der Waals surface area contributed by atoms with Gasteiger partial charge in [-0.25, -0.2) is 0 Å². The maximum atomic E-state index is 12.2. The fourth-order valence-corrected chi connectivity index (χ4v) is 2.73. The smallest absolute Gasteiger partial charge is 0.253 e. The fraction of sp³-hybridized carbons (Fsp3) is 0.133. The van der Waals surface area contributed by atoms with Crippen molar-refractivity contribution in [2.75, 3.05) is 5.73 Å². The van der Waals surface area contributed by atoms with E-state index in [1.54, 1.807) is 18.2 Å². The van der Waals surface area contributed by atoms with Gasteiger partial charge in [0.1, 0.15) is 0 Å². The van der Waals surface area contributed by atoms with Crippen LogP contribution in [0, 0.1) is 0 Å². The molecule has 0 radical (unpaired) electrons. The molecule has 1 amide bonds. The molecule has 0 aliphatic carbocycles. The van der Waals surface area contributed by atoms with Crippen LogP contribution in [0.25, 0.3) is 0 Å². The van der Waals surface area contributed by atoms with Gasteiger partial charge in [0.15, 0.2) is 0 Å². The molecule has 2 aromatic carbocycles. The third-order valence-electron chi connectivity index (χ3n) is 2.95. The number of carbonyl (C=O) groups excluding carboxylic acids is 1. The molecule has 3 N–H and O–H groups in total. The first-order valence-electron chi connectivity index (χ1n) is 6.09. The summed E-state index contributed by atoms with van der Waals surface area (Å²) in [5.41, 5.74) is 7.57. The molecule has 0 saturated heterocycles. The van der Waals surface area contributed by atoms with E-state index in [1.807, 2.05) is 31.2 Å². The van der Waals surface area contributed by atoms with Gasteiger partial charge < -0.3 is 11.1 Å². The summed E-state index contributed by atoms with van der Waals surface area (Å²) in [4.78, 5) is 12.2. The second-order valence-electron chi connectivity index (χ2n) is 4.46. The molecule has 0 spiro atoms. The molecule has 104 valence electrons. The predicted octanol–water partition coefficient (Wildman–Crippen LogP) is 4.18. The van der Waals surface area contributed by atoms with Crippen LogP contribution in [-0.4, -0.2) is 5.91 Å². The van der Waals surface area contributed by atoms with E-state index in [-0.39, 0.29) is 11.9 Å². The zero-order chi connectivity index (χ0) is 14.7. The molecule has 0 fully saturated rings. The Balaban J connectivity index is 2.20. The minimum Gasteiger partial charge on any atom is -0.399 e. The third kappa shape index (κ3) is 3.32. The maximum Gasteiger partial charge on any atom is 0.253 e. The lowest BCUT2D eigenvalue weighted by Crippen LogP contribution is -2.27. The van der Waals surface area contributed by atoms with Crippen molar-refractivity contribution in [2.24, 2.45) is 0 Å². The van der Waals surface area contributed by atoms with E-state index in [2.05, 4.69) is 21.2 Å². The number of carbonyl (C=O) groups is 1. The van der Waals surface area contributed by atoms with Gasteiger partial charge in [-0.2, -0.15) is 0 Å². The van der Waals surface area contributed by atoms with Gasteiger partial charge in [-0.05, 0) is 36.8 Å². The van der Waals surface area contributed by atoms with E-state index in [0.29, 0.717) is 16.3 Å². The Kier molecular flexibility index (Phi) is 4.68. The Labute approximate surface area is 131 Å². The highest BCUT2D eigenvalue weighted by molar-refractivity contribution is 9.10. The summed E-state index contributed by atoms with van der Waals surface area (Å²) >= 11 is 9.50. The number of halogens is 2.